The molecule has 1 fully saturated rings. The zero-order chi connectivity index (χ0) is 23.9. The van der Waals surface area contributed by atoms with E-state index in [2.05, 4.69) is 65.8 Å². The number of anilines is 1. The van der Waals surface area contributed by atoms with Crippen LogP contribution in [0, 0.1) is 0 Å². The predicted molar refractivity (Wildman–Crippen MR) is 137 cm³/mol. The van der Waals surface area contributed by atoms with E-state index in [1.54, 1.807) is 24.3 Å². The van der Waals surface area contributed by atoms with E-state index in [0.717, 1.165) is 25.8 Å². The van der Waals surface area contributed by atoms with Crippen LogP contribution >= 0.6 is 0 Å². The zero-order valence-electron chi connectivity index (χ0n) is 19.6. The van der Waals surface area contributed by atoms with Gasteiger partial charge in [0.15, 0.2) is 0 Å². The Kier molecular flexibility index (Phi) is 7.60. The maximum absolute atomic E-state index is 12.9. The van der Waals surface area contributed by atoms with Crippen LogP contribution in [0.3, 0.4) is 0 Å². The van der Waals surface area contributed by atoms with Crippen molar-refractivity contribution in [2.45, 2.75) is 25.3 Å². The minimum atomic E-state index is -0.668. The number of rotatable bonds is 6. The lowest BCUT2D eigenvalue weighted by Crippen LogP contribution is -2.46. The fourth-order valence-corrected chi connectivity index (χ4v) is 4.39. The van der Waals surface area contributed by atoms with E-state index in [1.165, 1.54) is 16.7 Å². The van der Waals surface area contributed by atoms with Gasteiger partial charge in [-0.25, -0.2) is 4.79 Å². The molecule has 0 aromatic heterocycles. The molecule has 2 aromatic rings. The molecular formula is C28H32N4O2. The third-order valence-electron chi connectivity index (χ3n) is 6.60. The number of carbonyl (C=O) groups excluding carboxylic acids is 2. The van der Waals surface area contributed by atoms with Crippen molar-refractivity contribution in [2.75, 3.05) is 32.0 Å². The van der Waals surface area contributed by atoms with E-state index in [9.17, 15) is 9.59 Å². The van der Waals surface area contributed by atoms with E-state index in [0.29, 0.717) is 30.4 Å². The van der Waals surface area contributed by atoms with Gasteiger partial charge in [0.2, 0.25) is 0 Å². The molecule has 2 aromatic carbocycles. The summed E-state index contributed by atoms with van der Waals surface area (Å²) in [6.07, 6.45) is 2.92. The molecule has 0 spiro atoms. The Balaban J connectivity index is 0.000000388. The van der Waals surface area contributed by atoms with Gasteiger partial charge in [0.1, 0.15) is 0 Å². The molecule has 1 saturated heterocycles. The minimum absolute atomic E-state index is 0.0604. The number of primary amides is 1. The molecule has 0 saturated carbocycles. The zero-order valence-corrected chi connectivity index (χ0v) is 19.6. The number of hydrogen-bond donors (Lipinski definition) is 2. The number of urea groups is 1. The highest BCUT2D eigenvalue weighted by Crippen LogP contribution is 2.29. The topological polar surface area (TPSA) is 78.7 Å². The van der Waals surface area contributed by atoms with Crippen LogP contribution in [-0.2, 0) is 6.42 Å². The van der Waals surface area contributed by atoms with Crippen LogP contribution in [0.1, 0.15) is 28.8 Å². The summed E-state index contributed by atoms with van der Waals surface area (Å²) in [6.45, 7) is 2.43. The summed E-state index contributed by atoms with van der Waals surface area (Å²) in [5.74, 6) is -0.0604. The van der Waals surface area contributed by atoms with Crippen LogP contribution in [0.15, 0.2) is 78.9 Å². The van der Waals surface area contributed by atoms with Crippen LogP contribution in [0.5, 0.6) is 0 Å². The molecule has 34 heavy (non-hydrogen) atoms. The molecule has 6 nitrogen and oxygen atoms in total. The maximum Gasteiger partial charge on any atom is 0.316 e. The average Bonchev–Trinajstić information content (AvgIpc) is 2.85. The first kappa shape index (κ1) is 23.5. The van der Waals surface area contributed by atoms with Crippen molar-refractivity contribution in [3.63, 3.8) is 0 Å². The van der Waals surface area contributed by atoms with Crippen LogP contribution in [-0.4, -0.2) is 54.5 Å². The van der Waals surface area contributed by atoms with Crippen LogP contribution in [0.4, 0.5) is 10.5 Å². The molecule has 0 radical (unpaired) electrons. The van der Waals surface area contributed by atoms with Gasteiger partial charge in [-0.05, 0) is 55.1 Å². The summed E-state index contributed by atoms with van der Waals surface area (Å²) in [6, 6.07) is 25.8. The number of benzene rings is 3. The van der Waals surface area contributed by atoms with Crippen molar-refractivity contribution in [3.05, 3.63) is 90.0 Å². The van der Waals surface area contributed by atoms with Gasteiger partial charge >= 0.3 is 6.03 Å². The van der Waals surface area contributed by atoms with Crippen LogP contribution < -0.4 is 11.1 Å². The van der Waals surface area contributed by atoms with Gasteiger partial charge in [0.05, 0.1) is 11.3 Å². The Morgan fingerprint density at radius 3 is 2.06 bits per heavy atom. The third kappa shape index (κ3) is 5.83. The number of piperidine rings is 1. The summed E-state index contributed by atoms with van der Waals surface area (Å²) >= 11 is 0. The molecule has 3 amide bonds. The Morgan fingerprint density at radius 2 is 1.50 bits per heavy atom. The van der Waals surface area contributed by atoms with E-state index in [4.69, 9.17) is 5.73 Å². The summed E-state index contributed by atoms with van der Waals surface area (Å²) in [7, 11) is 2.16. The number of nitrogens with zero attached hydrogens (tertiary/aromatic N) is 2. The molecule has 0 bridgehead atoms. The molecule has 3 aliphatic rings. The normalized spacial score (nSPS) is 14.2. The molecule has 2 aliphatic carbocycles. The van der Waals surface area contributed by atoms with E-state index >= 15 is 0 Å². The lowest BCUT2D eigenvalue weighted by atomic mass is 9.95. The van der Waals surface area contributed by atoms with E-state index < -0.39 is 6.03 Å². The number of carbonyl (C=O) groups is 2. The Morgan fingerprint density at radius 1 is 0.912 bits per heavy atom. The predicted octanol–water partition coefficient (Wildman–Crippen LogP) is 4.62. The van der Waals surface area contributed by atoms with Gasteiger partial charge in [-0.3, -0.25) is 4.79 Å². The van der Waals surface area contributed by atoms with Crippen molar-refractivity contribution in [3.8, 4) is 11.1 Å². The first-order valence-electron chi connectivity index (χ1n) is 11.8. The monoisotopic (exact) mass is 456 g/mol. The van der Waals surface area contributed by atoms with Crippen LogP contribution in [0.25, 0.3) is 11.1 Å². The molecule has 1 heterocycles. The molecule has 3 N–H and O–H groups in total. The van der Waals surface area contributed by atoms with Gasteiger partial charge < -0.3 is 20.9 Å². The van der Waals surface area contributed by atoms with Gasteiger partial charge in [-0.15, -0.1) is 0 Å². The third-order valence-corrected chi connectivity index (χ3v) is 6.60. The van der Waals surface area contributed by atoms with Crippen molar-refractivity contribution in [2.24, 2.45) is 5.73 Å². The number of para-hydroxylation sites is 1. The van der Waals surface area contributed by atoms with Crippen molar-refractivity contribution in [1.82, 2.24) is 9.80 Å². The number of amides is 3. The van der Waals surface area contributed by atoms with Crippen molar-refractivity contribution < 1.29 is 9.59 Å². The highest BCUT2D eigenvalue weighted by molar-refractivity contribution is 6.03. The second kappa shape index (κ2) is 11.0. The van der Waals surface area contributed by atoms with Gasteiger partial charge in [0, 0.05) is 25.7 Å². The first-order chi connectivity index (χ1) is 16.5. The maximum atomic E-state index is 12.9. The Labute approximate surface area is 201 Å². The Hall–Kier alpha value is -3.64. The number of likely N-dealkylation sites (N-methyl/N-ethyl adjacent to an activating group) is 1. The second-order valence-electron chi connectivity index (χ2n) is 8.85. The molecule has 6 heteroatoms. The number of nitrogens with two attached hydrogens (primary N) is 1. The SMILES string of the molecule is CN(CCc1ccccc1)C1CCN(C(=O)c2ccccc2NC(N)=O)CC1.c1cc2ccc1-2. The molecule has 5 rings (SSSR count). The van der Waals surface area contributed by atoms with Gasteiger partial charge in [0.25, 0.3) is 5.91 Å². The number of nitrogens with one attached hydrogen (secondary N) is 1. The summed E-state index contributed by atoms with van der Waals surface area (Å²) in [5, 5.41) is 2.54. The van der Waals surface area contributed by atoms with Crippen molar-refractivity contribution >= 4 is 17.6 Å². The number of likely N-dealkylation sites (tertiary alicyclic amines) is 1. The fraction of sp³-hybridized carbons (Fsp3) is 0.286. The van der Waals surface area contributed by atoms with Crippen molar-refractivity contribution in [1.29, 1.82) is 0 Å². The first-order valence-corrected chi connectivity index (χ1v) is 11.8. The second-order valence-corrected chi connectivity index (χ2v) is 8.85. The highest BCUT2D eigenvalue weighted by atomic mass is 16.2. The van der Waals surface area contributed by atoms with E-state index in [1.807, 2.05) is 11.0 Å². The summed E-state index contributed by atoms with van der Waals surface area (Å²) in [4.78, 5) is 28.4. The smallest absolute Gasteiger partial charge is 0.316 e. The molecule has 0 unspecified atom stereocenters. The average molecular weight is 457 g/mol. The van der Waals surface area contributed by atoms with Gasteiger partial charge in [-0.1, -0.05) is 66.7 Å². The quantitative estimate of drug-likeness (QED) is 0.444. The minimum Gasteiger partial charge on any atom is -0.351 e. The summed E-state index contributed by atoms with van der Waals surface area (Å²) < 4.78 is 0. The molecule has 176 valence electrons. The molecule has 0 atom stereocenters. The van der Waals surface area contributed by atoms with Gasteiger partial charge in [-0.2, -0.15) is 0 Å². The Bertz CT molecular complexity index is 1090. The van der Waals surface area contributed by atoms with Crippen LogP contribution in [0.2, 0.25) is 0 Å². The lowest BCUT2D eigenvalue weighted by Gasteiger charge is -2.37. The largest absolute Gasteiger partial charge is 0.351 e. The summed E-state index contributed by atoms with van der Waals surface area (Å²) in [5.41, 5.74) is 10.4. The highest BCUT2D eigenvalue weighted by Gasteiger charge is 2.27. The number of hydrogen-bond acceptors (Lipinski definition) is 3. The lowest BCUT2D eigenvalue weighted by molar-refractivity contribution is 0.0648. The standard InChI is InChI=1S/C22H28N4O2.C6H4/c1-25(14-11-17-7-3-2-4-8-17)18-12-15-26(16-13-18)21(27)19-9-5-6-10-20(19)24-22(23)28;1-2-6-4-3-5(1)6/h2-10,18H,11-16H2,1H3,(H3,23,24,28);1-4H. The fourth-order valence-electron chi connectivity index (χ4n) is 4.39. The molecule has 1 aliphatic heterocycles. The number of fused-ring (bicyclic) bond motifs is 1. The van der Waals surface area contributed by atoms with E-state index in [-0.39, 0.29) is 5.91 Å². The molecular weight excluding hydrogens is 424 g/mol.